The zero-order valence-corrected chi connectivity index (χ0v) is 20.2. The minimum atomic E-state index is -0.323. The van der Waals surface area contributed by atoms with E-state index in [0.29, 0.717) is 31.9 Å². The molecular weight excluding hydrogens is 434 g/mol. The van der Waals surface area contributed by atoms with Gasteiger partial charge in [0.1, 0.15) is 6.54 Å². The monoisotopic (exact) mass is 465 g/mol. The Bertz CT molecular complexity index is 1030. The Morgan fingerprint density at radius 2 is 1.67 bits per heavy atom. The summed E-state index contributed by atoms with van der Waals surface area (Å²) in [6, 6.07) is 19.2. The number of benzene rings is 2. The number of aryl methyl sites for hydroxylation is 2. The first kappa shape index (κ1) is 24.5. The van der Waals surface area contributed by atoms with Crippen LogP contribution in [0, 0.1) is 13.8 Å². The second kappa shape index (κ2) is 12.2. The molecule has 0 fully saturated rings. The van der Waals surface area contributed by atoms with E-state index in [9.17, 15) is 9.59 Å². The minimum Gasteiger partial charge on any atom is -0.383 e. The SMILES string of the molecule is COCCN(CC(=O)N(Cc1ccccc1)Cc1sccc1C)C(=O)Nc1ccc(C)cc1. The third kappa shape index (κ3) is 7.44. The Balaban J connectivity index is 1.75. The van der Waals surface area contributed by atoms with Gasteiger partial charge in [0.05, 0.1) is 13.2 Å². The van der Waals surface area contributed by atoms with Gasteiger partial charge < -0.3 is 19.9 Å². The van der Waals surface area contributed by atoms with Crippen LogP contribution in [0.1, 0.15) is 21.6 Å². The van der Waals surface area contributed by atoms with Crippen LogP contribution in [0.25, 0.3) is 0 Å². The van der Waals surface area contributed by atoms with Gasteiger partial charge in [0.25, 0.3) is 0 Å². The standard InChI is InChI=1S/C26H31N3O3S/c1-20-9-11-23(12-10-20)27-26(31)28(14-15-32-3)19-25(30)29(17-22-7-5-4-6-8-22)18-24-21(2)13-16-33-24/h4-13,16H,14-15,17-19H2,1-3H3,(H,27,31). The Labute approximate surface area is 199 Å². The molecule has 1 heterocycles. The smallest absolute Gasteiger partial charge is 0.322 e. The van der Waals surface area contributed by atoms with Gasteiger partial charge in [0.2, 0.25) is 5.91 Å². The Kier molecular flexibility index (Phi) is 9.04. The molecule has 0 unspecified atom stereocenters. The predicted molar refractivity (Wildman–Crippen MR) is 133 cm³/mol. The number of methoxy groups -OCH3 is 1. The van der Waals surface area contributed by atoms with Crippen LogP contribution in [0.2, 0.25) is 0 Å². The Hall–Kier alpha value is -3.16. The molecule has 0 aliphatic heterocycles. The number of carbonyl (C=O) groups is 2. The Morgan fingerprint density at radius 3 is 2.30 bits per heavy atom. The van der Waals surface area contributed by atoms with Gasteiger partial charge >= 0.3 is 6.03 Å². The lowest BCUT2D eigenvalue weighted by Gasteiger charge is -2.28. The lowest BCUT2D eigenvalue weighted by atomic mass is 10.2. The number of nitrogens with zero attached hydrogens (tertiary/aromatic N) is 2. The van der Waals surface area contributed by atoms with Gasteiger partial charge in [0.15, 0.2) is 0 Å². The third-order valence-electron chi connectivity index (χ3n) is 5.35. The molecule has 0 radical (unpaired) electrons. The van der Waals surface area contributed by atoms with Crippen LogP contribution in [-0.4, -0.2) is 48.5 Å². The van der Waals surface area contributed by atoms with E-state index in [1.165, 1.54) is 10.5 Å². The van der Waals surface area contributed by atoms with Crippen molar-refractivity contribution in [3.8, 4) is 0 Å². The molecule has 0 saturated carbocycles. The summed E-state index contributed by atoms with van der Waals surface area (Å²) in [7, 11) is 1.58. The zero-order valence-electron chi connectivity index (χ0n) is 19.4. The fraction of sp³-hybridized carbons (Fsp3) is 0.308. The fourth-order valence-electron chi connectivity index (χ4n) is 3.33. The summed E-state index contributed by atoms with van der Waals surface area (Å²) in [6.45, 7) is 5.67. The minimum absolute atomic E-state index is 0.0295. The number of nitrogens with one attached hydrogen (secondary N) is 1. The number of ether oxygens (including phenoxy) is 1. The van der Waals surface area contributed by atoms with Crippen LogP contribution >= 0.6 is 11.3 Å². The van der Waals surface area contributed by atoms with Gasteiger partial charge in [-0.1, -0.05) is 48.0 Å². The van der Waals surface area contributed by atoms with E-state index in [-0.39, 0.29) is 18.5 Å². The summed E-state index contributed by atoms with van der Waals surface area (Å²) in [5, 5.41) is 4.93. The molecule has 0 bridgehead atoms. The quantitative estimate of drug-likeness (QED) is 0.455. The number of urea groups is 1. The lowest BCUT2D eigenvalue weighted by molar-refractivity contribution is -0.133. The van der Waals surface area contributed by atoms with Crippen molar-refractivity contribution in [2.75, 3.05) is 32.1 Å². The topological polar surface area (TPSA) is 61.9 Å². The van der Waals surface area contributed by atoms with Crippen LogP contribution in [0.15, 0.2) is 66.0 Å². The summed E-state index contributed by atoms with van der Waals surface area (Å²) in [5.41, 5.74) is 4.02. The van der Waals surface area contributed by atoms with Crippen molar-refractivity contribution in [3.05, 3.63) is 87.6 Å². The van der Waals surface area contributed by atoms with Crippen LogP contribution in [-0.2, 0) is 22.6 Å². The van der Waals surface area contributed by atoms with Crippen LogP contribution < -0.4 is 5.32 Å². The van der Waals surface area contributed by atoms with Gasteiger partial charge in [-0.2, -0.15) is 0 Å². The molecule has 0 aliphatic rings. The number of hydrogen-bond donors (Lipinski definition) is 1. The van der Waals surface area contributed by atoms with Crippen molar-refractivity contribution >= 4 is 29.0 Å². The molecule has 3 amide bonds. The van der Waals surface area contributed by atoms with Gasteiger partial charge in [-0.05, 0) is 48.6 Å². The molecule has 6 nitrogen and oxygen atoms in total. The highest BCUT2D eigenvalue weighted by molar-refractivity contribution is 7.10. The van der Waals surface area contributed by atoms with E-state index in [2.05, 4.69) is 18.3 Å². The summed E-state index contributed by atoms with van der Waals surface area (Å²) in [4.78, 5) is 30.9. The van der Waals surface area contributed by atoms with Crippen LogP contribution in [0.4, 0.5) is 10.5 Å². The van der Waals surface area contributed by atoms with Gasteiger partial charge in [-0.3, -0.25) is 4.79 Å². The van der Waals surface area contributed by atoms with E-state index in [4.69, 9.17) is 4.74 Å². The maximum Gasteiger partial charge on any atom is 0.322 e. The van der Waals surface area contributed by atoms with Crippen LogP contribution in [0.3, 0.4) is 0 Å². The van der Waals surface area contributed by atoms with Crippen molar-refractivity contribution in [3.63, 3.8) is 0 Å². The lowest BCUT2D eigenvalue weighted by Crippen LogP contribution is -2.45. The number of anilines is 1. The van der Waals surface area contributed by atoms with E-state index >= 15 is 0 Å². The maximum absolute atomic E-state index is 13.4. The molecule has 0 atom stereocenters. The average Bonchev–Trinajstić information content (AvgIpc) is 3.22. The van der Waals surface area contributed by atoms with Crippen molar-refractivity contribution in [1.82, 2.24) is 9.80 Å². The molecule has 3 aromatic rings. The number of rotatable bonds is 10. The number of hydrogen-bond acceptors (Lipinski definition) is 4. The molecular formula is C26H31N3O3S. The second-order valence-corrected chi connectivity index (χ2v) is 8.97. The highest BCUT2D eigenvalue weighted by atomic mass is 32.1. The normalized spacial score (nSPS) is 10.6. The molecule has 2 aromatic carbocycles. The molecule has 33 heavy (non-hydrogen) atoms. The van der Waals surface area contributed by atoms with E-state index in [1.807, 2.05) is 71.8 Å². The average molecular weight is 466 g/mol. The number of carbonyl (C=O) groups excluding carboxylic acids is 2. The second-order valence-electron chi connectivity index (χ2n) is 7.97. The molecule has 1 N–H and O–H groups in total. The summed E-state index contributed by atoms with van der Waals surface area (Å²) >= 11 is 1.64. The summed E-state index contributed by atoms with van der Waals surface area (Å²) in [6.07, 6.45) is 0. The molecule has 0 aliphatic carbocycles. The molecule has 0 saturated heterocycles. The molecule has 0 spiro atoms. The number of amides is 3. The maximum atomic E-state index is 13.4. The zero-order chi connectivity index (χ0) is 23.6. The van der Waals surface area contributed by atoms with Crippen molar-refractivity contribution < 1.29 is 14.3 Å². The Morgan fingerprint density at radius 1 is 0.939 bits per heavy atom. The van der Waals surface area contributed by atoms with Crippen LogP contribution in [0.5, 0.6) is 0 Å². The number of thiophene rings is 1. The first-order valence-corrected chi connectivity index (χ1v) is 11.8. The first-order valence-electron chi connectivity index (χ1n) is 10.9. The summed E-state index contributed by atoms with van der Waals surface area (Å²) < 4.78 is 5.18. The van der Waals surface area contributed by atoms with Gasteiger partial charge in [0, 0.05) is 30.8 Å². The van der Waals surface area contributed by atoms with E-state index < -0.39 is 0 Å². The molecule has 174 valence electrons. The van der Waals surface area contributed by atoms with Crippen molar-refractivity contribution in [1.29, 1.82) is 0 Å². The first-order chi connectivity index (χ1) is 16.0. The van der Waals surface area contributed by atoms with E-state index in [1.54, 1.807) is 18.4 Å². The molecule has 7 heteroatoms. The van der Waals surface area contributed by atoms with Crippen molar-refractivity contribution in [2.24, 2.45) is 0 Å². The van der Waals surface area contributed by atoms with Gasteiger partial charge in [-0.15, -0.1) is 11.3 Å². The largest absolute Gasteiger partial charge is 0.383 e. The van der Waals surface area contributed by atoms with Gasteiger partial charge in [-0.25, -0.2) is 4.79 Å². The third-order valence-corrected chi connectivity index (χ3v) is 6.36. The van der Waals surface area contributed by atoms with Crippen molar-refractivity contribution in [2.45, 2.75) is 26.9 Å². The highest BCUT2D eigenvalue weighted by Gasteiger charge is 2.22. The fourth-order valence-corrected chi connectivity index (χ4v) is 4.25. The summed E-state index contributed by atoms with van der Waals surface area (Å²) in [5.74, 6) is -0.109. The highest BCUT2D eigenvalue weighted by Crippen LogP contribution is 2.20. The molecule has 1 aromatic heterocycles. The predicted octanol–water partition coefficient (Wildman–Crippen LogP) is 5.07. The molecule has 3 rings (SSSR count). The van der Waals surface area contributed by atoms with E-state index in [0.717, 1.165) is 16.0 Å².